The molecule has 2 aromatic heterocycles. The van der Waals surface area contributed by atoms with E-state index in [4.69, 9.17) is 4.74 Å². The summed E-state index contributed by atoms with van der Waals surface area (Å²) in [5, 5.41) is 1.89. The van der Waals surface area contributed by atoms with E-state index in [2.05, 4.69) is 0 Å². The lowest BCUT2D eigenvalue weighted by Gasteiger charge is -2.06. The first-order valence-corrected chi connectivity index (χ1v) is 6.74. The number of hydrogen-bond donors (Lipinski definition) is 0. The minimum atomic E-state index is -0.433. The molecule has 0 bridgehead atoms. The molecule has 0 unspecified atom stereocenters. The van der Waals surface area contributed by atoms with Crippen LogP contribution in [0.3, 0.4) is 0 Å². The zero-order chi connectivity index (χ0) is 13.3. The summed E-state index contributed by atoms with van der Waals surface area (Å²) in [6, 6.07) is 1.72. The maximum Gasteiger partial charge on any atom is 0.340 e. The van der Waals surface area contributed by atoms with Crippen LogP contribution in [0.5, 0.6) is 0 Å². The largest absolute Gasteiger partial charge is 0.462 e. The second-order valence-electron chi connectivity index (χ2n) is 4.26. The summed E-state index contributed by atoms with van der Waals surface area (Å²) in [5.41, 5.74) is 0.794. The Morgan fingerprint density at radius 2 is 2.17 bits per heavy atom. The number of thiazole rings is 1. The minimum Gasteiger partial charge on any atom is -0.462 e. The van der Waals surface area contributed by atoms with Crippen LogP contribution >= 0.6 is 11.3 Å². The lowest BCUT2D eigenvalue weighted by atomic mass is 10.0. The van der Waals surface area contributed by atoms with E-state index < -0.39 is 5.97 Å². The van der Waals surface area contributed by atoms with Gasteiger partial charge in [-0.15, -0.1) is 11.3 Å². The van der Waals surface area contributed by atoms with Crippen LogP contribution in [-0.4, -0.2) is 22.8 Å². The molecule has 2 heterocycles. The highest BCUT2D eigenvalue weighted by molar-refractivity contribution is 7.15. The summed E-state index contributed by atoms with van der Waals surface area (Å²) in [6.45, 7) is 5.70. The van der Waals surface area contributed by atoms with Crippen LogP contribution in [0.2, 0.25) is 0 Å². The van der Waals surface area contributed by atoms with Gasteiger partial charge in [0.2, 0.25) is 0 Å². The van der Waals surface area contributed by atoms with Gasteiger partial charge in [0.1, 0.15) is 10.5 Å². The van der Waals surface area contributed by atoms with Gasteiger partial charge in [-0.05, 0) is 13.0 Å². The molecule has 0 N–H and O–H groups in total. The van der Waals surface area contributed by atoms with E-state index in [0.717, 1.165) is 4.83 Å². The molecule has 2 aromatic rings. The number of carbonyl (C=O) groups is 2. The quantitative estimate of drug-likeness (QED) is 0.630. The second-order valence-corrected chi connectivity index (χ2v) is 5.18. The Kier molecular flexibility index (Phi) is 3.52. The van der Waals surface area contributed by atoms with Crippen LogP contribution in [0.25, 0.3) is 4.83 Å². The fraction of sp³-hybridized carbons (Fsp3) is 0.385. The number of ketones is 1. The maximum absolute atomic E-state index is 12.2. The zero-order valence-electron chi connectivity index (χ0n) is 10.6. The molecule has 0 spiro atoms. The highest BCUT2D eigenvalue weighted by atomic mass is 32.1. The molecular formula is C13H15NO3S. The molecule has 0 aliphatic rings. The van der Waals surface area contributed by atoms with Gasteiger partial charge in [-0.2, -0.15) is 0 Å². The molecule has 0 saturated heterocycles. The molecule has 0 radical (unpaired) electrons. The summed E-state index contributed by atoms with van der Waals surface area (Å²) >= 11 is 1.49. The molecule has 18 heavy (non-hydrogen) atoms. The number of Topliss-reactive ketones (excluding diaryl/α,β-unsaturated/α-hetero) is 1. The Hall–Kier alpha value is -1.62. The lowest BCUT2D eigenvalue weighted by Crippen LogP contribution is -2.16. The van der Waals surface area contributed by atoms with Gasteiger partial charge >= 0.3 is 5.97 Å². The summed E-state index contributed by atoms with van der Waals surface area (Å²) in [5.74, 6) is -0.634. The van der Waals surface area contributed by atoms with Gasteiger partial charge in [0, 0.05) is 17.5 Å². The van der Waals surface area contributed by atoms with E-state index in [-0.39, 0.29) is 11.7 Å². The van der Waals surface area contributed by atoms with Crippen molar-refractivity contribution in [2.24, 2.45) is 5.92 Å². The molecule has 0 saturated carbocycles. The van der Waals surface area contributed by atoms with Crippen molar-refractivity contribution in [3.8, 4) is 0 Å². The van der Waals surface area contributed by atoms with Crippen LogP contribution in [0.15, 0.2) is 17.6 Å². The SMILES string of the molecule is CCOC(=O)c1cc2sccn2c1C(=O)C(C)C. The van der Waals surface area contributed by atoms with Gasteiger partial charge in [0.15, 0.2) is 5.78 Å². The van der Waals surface area contributed by atoms with Crippen molar-refractivity contribution in [2.45, 2.75) is 20.8 Å². The minimum absolute atomic E-state index is 0.0450. The van der Waals surface area contributed by atoms with Crippen LogP contribution in [0.1, 0.15) is 41.6 Å². The predicted octanol–water partition coefficient (Wildman–Crippen LogP) is 3.02. The molecule has 2 rings (SSSR count). The third-order valence-electron chi connectivity index (χ3n) is 2.65. The molecule has 4 nitrogen and oxygen atoms in total. The number of hydrogen-bond acceptors (Lipinski definition) is 4. The number of carbonyl (C=O) groups excluding carboxylic acids is 2. The molecule has 5 heteroatoms. The second kappa shape index (κ2) is 4.94. The first kappa shape index (κ1) is 12.8. The summed E-state index contributed by atoms with van der Waals surface area (Å²) in [4.78, 5) is 25.0. The molecule has 0 aliphatic heterocycles. The van der Waals surface area contributed by atoms with E-state index in [1.54, 1.807) is 23.6 Å². The van der Waals surface area contributed by atoms with Crippen LogP contribution in [0, 0.1) is 5.92 Å². The monoisotopic (exact) mass is 265 g/mol. The lowest BCUT2D eigenvalue weighted by molar-refractivity contribution is 0.0522. The molecule has 0 aliphatic carbocycles. The number of aromatic nitrogens is 1. The van der Waals surface area contributed by atoms with Gasteiger partial charge in [0.05, 0.1) is 12.2 Å². The van der Waals surface area contributed by atoms with Crippen LogP contribution < -0.4 is 0 Å². The molecular weight excluding hydrogens is 250 g/mol. The maximum atomic E-state index is 12.2. The highest BCUT2D eigenvalue weighted by Crippen LogP contribution is 2.24. The van der Waals surface area contributed by atoms with E-state index in [1.165, 1.54) is 11.3 Å². The van der Waals surface area contributed by atoms with Crippen LogP contribution in [0.4, 0.5) is 0 Å². The van der Waals surface area contributed by atoms with Crippen molar-refractivity contribution in [3.05, 3.63) is 28.9 Å². The Balaban J connectivity index is 2.58. The zero-order valence-corrected chi connectivity index (χ0v) is 11.4. The van der Waals surface area contributed by atoms with Gasteiger partial charge < -0.3 is 9.14 Å². The van der Waals surface area contributed by atoms with Crippen molar-refractivity contribution in [1.29, 1.82) is 0 Å². The molecule has 0 amide bonds. The third-order valence-corrected chi connectivity index (χ3v) is 3.47. The molecule has 0 aromatic carbocycles. The van der Waals surface area contributed by atoms with E-state index >= 15 is 0 Å². The topological polar surface area (TPSA) is 47.8 Å². The fourth-order valence-electron chi connectivity index (χ4n) is 1.79. The number of fused-ring (bicyclic) bond motifs is 1. The number of esters is 1. The van der Waals surface area contributed by atoms with Gasteiger partial charge in [-0.1, -0.05) is 13.8 Å². The van der Waals surface area contributed by atoms with Crippen LogP contribution in [-0.2, 0) is 4.74 Å². The number of ether oxygens (including phenoxy) is 1. The predicted molar refractivity (Wildman–Crippen MR) is 70.4 cm³/mol. The normalized spacial score (nSPS) is 11.1. The first-order valence-electron chi connectivity index (χ1n) is 5.86. The number of nitrogens with zero attached hydrogens (tertiary/aromatic N) is 1. The average molecular weight is 265 g/mol. The van der Waals surface area contributed by atoms with E-state index in [1.807, 2.05) is 19.2 Å². The molecule has 0 atom stereocenters. The standard InChI is InChI=1S/C13H15NO3S/c1-4-17-13(16)9-7-10-14(5-6-18-10)11(9)12(15)8(2)3/h5-8H,4H2,1-3H3. The Morgan fingerprint density at radius 3 is 2.78 bits per heavy atom. The van der Waals surface area contributed by atoms with E-state index in [9.17, 15) is 9.59 Å². The number of rotatable bonds is 4. The van der Waals surface area contributed by atoms with E-state index in [0.29, 0.717) is 17.9 Å². The van der Waals surface area contributed by atoms with Crippen molar-refractivity contribution >= 4 is 27.9 Å². The fourth-order valence-corrected chi connectivity index (χ4v) is 2.56. The van der Waals surface area contributed by atoms with Crippen molar-refractivity contribution in [1.82, 2.24) is 4.40 Å². The summed E-state index contributed by atoms with van der Waals surface area (Å²) in [6.07, 6.45) is 1.80. The first-order chi connectivity index (χ1) is 8.56. The summed E-state index contributed by atoms with van der Waals surface area (Å²) in [7, 11) is 0. The Morgan fingerprint density at radius 1 is 1.44 bits per heavy atom. The molecule has 96 valence electrons. The smallest absolute Gasteiger partial charge is 0.340 e. The van der Waals surface area contributed by atoms with Gasteiger partial charge in [0.25, 0.3) is 0 Å². The third kappa shape index (κ3) is 2.06. The molecule has 0 fully saturated rings. The van der Waals surface area contributed by atoms with Crippen molar-refractivity contribution in [2.75, 3.05) is 6.61 Å². The average Bonchev–Trinajstić information content (AvgIpc) is 2.87. The Labute approximate surface area is 109 Å². The van der Waals surface area contributed by atoms with Gasteiger partial charge in [-0.25, -0.2) is 4.79 Å². The van der Waals surface area contributed by atoms with Crippen molar-refractivity contribution < 1.29 is 14.3 Å². The van der Waals surface area contributed by atoms with Gasteiger partial charge in [-0.3, -0.25) is 4.79 Å². The summed E-state index contributed by atoms with van der Waals surface area (Å²) < 4.78 is 6.76. The highest BCUT2D eigenvalue weighted by Gasteiger charge is 2.25. The Bertz CT molecular complexity index is 594. The van der Waals surface area contributed by atoms with Crippen molar-refractivity contribution in [3.63, 3.8) is 0 Å².